The topological polar surface area (TPSA) is 50.7 Å². The Kier molecular flexibility index (Phi) is 3.00. The molecule has 0 aliphatic rings. The van der Waals surface area contributed by atoms with Crippen LogP contribution in [-0.2, 0) is 0 Å². The second-order valence-electron chi connectivity index (χ2n) is 4.01. The van der Waals surface area contributed by atoms with E-state index >= 15 is 0 Å². The first kappa shape index (κ1) is 11.3. The summed E-state index contributed by atoms with van der Waals surface area (Å²) < 4.78 is 8.35. The number of nitrogens with one attached hydrogen (secondary N) is 1. The van der Waals surface area contributed by atoms with Gasteiger partial charge >= 0.3 is 0 Å². The quantitative estimate of drug-likeness (QED) is 0.781. The maximum absolute atomic E-state index is 4.32. The van der Waals surface area contributed by atoms with Crippen LogP contribution in [0.1, 0.15) is 17.3 Å². The molecule has 4 nitrogen and oxygen atoms in total. The van der Waals surface area contributed by atoms with Crippen molar-refractivity contribution in [2.75, 3.05) is 7.05 Å². The lowest BCUT2D eigenvalue weighted by atomic mass is 10.0. The molecular weight excluding hydrogens is 244 g/mol. The first-order chi connectivity index (χ1) is 8.88. The normalized spacial score (nSPS) is 12.7. The Balaban J connectivity index is 2.07. The van der Waals surface area contributed by atoms with Crippen molar-refractivity contribution in [2.24, 2.45) is 0 Å². The average molecular weight is 256 g/mol. The highest BCUT2D eigenvalue weighted by Crippen LogP contribution is 2.23. The van der Waals surface area contributed by atoms with Gasteiger partial charge in [-0.05, 0) is 30.8 Å². The minimum absolute atomic E-state index is 0.0772. The highest BCUT2D eigenvalue weighted by atomic mass is 32.1. The fourth-order valence-corrected chi connectivity index (χ4v) is 2.51. The maximum atomic E-state index is 4.32. The molecule has 0 amide bonds. The van der Waals surface area contributed by atoms with Gasteiger partial charge in [0.2, 0.25) is 0 Å². The Morgan fingerprint density at radius 1 is 1.28 bits per heavy atom. The van der Waals surface area contributed by atoms with Crippen molar-refractivity contribution < 1.29 is 0 Å². The molecule has 0 aliphatic carbocycles. The Hall–Kier alpha value is -1.85. The molecule has 1 aromatic carbocycles. The van der Waals surface area contributed by atoms with E-state index in [4.69, 9.17) is 0 Å². The van der Waals surface area contributed by atoms with Crippen LogP contribution in [-0.4, -0.2) is 20.8 Å². The summed E-state index contributed by atoms with van der Waals surface area (Å²) in [6, 6.07) is 10.4. The van der Waals surface area contributed by atoms with Gasteiger partial charge in [-0.1, -0.05) is 12.1 Å². The Morgan fingerprint density at radius 3 is 3.00 bits per heavy atom. The Bertz CT molecular complexity index is 651. The molecule has 2 heterocycles. The van der Waals surface area contributed by atoms with E-state index in [2.05, 4.69) is 37.2 Å². The van der Waals surface area contributed by atoms with E-state index in [1.807, 2.05) is 25.4 Å². The van der Waals surface area contributed by atoms with E-state index in [-0.39, 0.29) is 6.04 Å². The second-order valence-corrected chi connectivity index (χ2v) is 4.57. The minimum atomic E-state index is 0.0772. The van der Waals surface area contributed by atoms with Crippen molar-refractivity contribution in [2.45, 2.75) is 6.04 Å². The number of hydrogen-bond acceptors (Lipinski definition) is 5. The number of aromatic nitrogens is 3. The standard InChI is InChI=1S/C13H12N4S/c1-14-13(12-8-16-18-17-12)10-4-5-11-9(7-10)3-2-6-15-11/h2-8,13-14H,1H3. The van der Waals surface area contributed by atoms with Gasteiger partial charge in [0.05, 0.1) is 35.2 Å². The van der Waals surface area contributed by atoms with E-state index in [1.165, 1.54) is 17.3 Å². The van der Waals surface area contributed by atoms with Crippen LogP contribution in [0.2, 0.25) is 0 Å². The number of nitrogens with zero attached hydrogens (tertiary/aromatic N) is 3. The third-order valence-corrected chi connectivity index (χ3v) is 3.42. The van der Waals surface area contributed by atoms with Crippen molar-refractivity contribution in [3.63, 3.8) is 0 Å². The van der Waals surface area contributed by atoms with Gasteiger partial charge in [-0.15, -0.1) is 0 Å². The lowest BCUT2D eigenvalue weighted by molar-refractivity contribution is 0.678. The fraction of sp³-hybridized carbons (Fsp3) is 0.154. The van der Waals surface area contributed by atoms with Crippen molar-refractivity contribution in [3.8, 4) is 0 Å². The molecule has 0 bridgehead atoms. The summed E-state index contributed by atoms with van der Waals surface area (Å²) >= 11 is 1.23. The van der Waals surface area contributed by atoms with Gasteiger partial charge in [-0.3, -0.25) is 4.98 Å². The Morgan fingerprint density at radius 2 is 2.22 bits per heavy atom. The van der Waals surface area contributed by atoms with Crippen LogP contribution in [0, 0.1) is 0 Å². The van der Waals surface area contributed by atoms with E-state index < -0.39 is 0 Å². The predicted octanol–water partition coefficient (Wildman–Crippen LogP) is 2.40. The minimum Gasteiger partial charge on any atom is -0.308 e. The van der Waals surface area contributed by atoms with Crippen LogP contribution in [0.5, 0.6) is 0 Å². The van der Waals surface area contributed by atoms with Gasteiger partial charge < -0.3 is 5.32 Å². The molecular formula is C13H12N4S. The molecule has 90 valence electrons. The fourth-order valence-electron chi connectivity index (χ4n) is 2.06. The molecule has 0 saturated carbocycles. The summed E-state index contributed by atoms with van der Waals surface area (Å²) in [4.78, 5) is 4.32. The molecule has 1 unspecified atom stereocenters. The van der Waals surface area contributed by atoms with Crippen LogP contribution in [0.3, 0.4) is 0 Å². The van der Waals surface area contributed by atoms with E-state index in [9.17, 15) is 0 Å². The molecule has 2 aromatic heterocycles. The maximum Gasteiger partial charge on any atom is 0.0957 e. The van der Waals surface area contributed by atoms with Crippen molar-refractivity contribution in [3.05, 3.63) is 54.0 Å². The summed E-state index contributed by atoms with van der Waals surface area (Å²) in [5.41, 5.74) is 3.13. The SMILES string of the molecule is CNC(c1ccc2ncccc2c1)c1cnsn1. The molecule has 1 atom stereocenters. The number of benzene rings is 1. The molecule has 3 rings (SSSR count). The highest BCUT2D eigenvalue weighted by molar-refractivity contribution is 6.99. The number of hydrogen-bond donors (Lipinski definition) is 1. The van der Waals surface area contributed by atoms with Gasteiger partial charge in [0.1, 0.15) is 0 Å². The van der Waals surface area contributed by atoms with Crippen molar-refractivity contribution in [1.29, 1.82) is 0 Å². The largest absolute Gasteiger partial charge is 0.308 e. The number of fused-ring (bicyclic) bond motifs is 1. The summed E-state index contributed by atoms with van der Waals surface area (Å²) in [5, 5.41) is 4.41. The van der Waals surface area contributed by atoms with Crippen LogP contribution in [0.4, 0.5) is 0 Å². The summed E-state index contributed by atoms with van der Waals surface area (Å²) in [6.07, 6.45) is 3.61. The van der Waals surface area contributed by atoms with E-state index in [0.29, 0.717) is 0 Å². The third kappa shape index (κ3) is 1.98. The lowest BCUT2D eigenvalue weighted by Crippen LogP contribution is -2.17. The van der Waals surface area contributed by atoms with Crippen LogP contribution >= 0.6 is 11.7 Å². The zero-order valence-electron chi connectivity index (χ0n) is 9.87. The molecule has 0 saturated heterocycles. The molecule has 3 aromatic rings. The van der Waals surface area contributed by atoms with Crippen molar-refractivity contribution in [1.82, 2.24) is 19.0 Å². The predicted molar refractivity (Wildman–Crippen MR) is 72.6 cm³/mol. The van der Waals surface area contributed by atoms with Gasteiger partial charge in [-0.25, -0.2) is 0 Å². The molecule has 0 spiro atoms. The summed E-state index contributed by atoms with van der Waals surface area (Å²) in [5.74, 6) is 0. The summed E-state index contributed by atoms with van der Waals surface area (Å²) in [6.45, 7) is 0. The zero-order chi connectivity index (χ0) is 12.4. The molecule has 0 radical (unpaired) electrons. The van der Waals surface area contributed by atoms with E-state index in [1.54, 1.807) is 6.20 Å². The average Bonchev–Trinajstić information content (AvgIpc) is 2.93. The van der Waals surface area contributed by atoms with Crippen molar-refractivity contribution >= 4 is 22.6 Å². The Labute approximate surface area is 109 Å². The smallest absolute Gasteiger partial charge is 0.0957 e. The van der Waals surface area contributed by atoms with Gasteiger partial charge in [0.15, 0.2) is 0 Å². The molecule has 18 heavy (non-hydrogen) atoms. The first-order valence-electron chi connectivity index (χ1n) is 5.68. The summed E-state index contributed by atoms with van der Waals surface area (Å²) in [7, 11) is 1.93. The monoisotopic (exact) mass is 256 g/mol. The van der Waals surface area contributed by atoms with Crippen LogP contribution in [0.15, 0.2) is 42.7 Å². The van der Waals surface area contributed by atoms with Gasteiger partial charge in [-0.2, -0.15) is 8.75 Å². The van der Waals surface area contributed by atoms with Gasteiger partial charge in [0, 0.05) is 11.6 Å². The second kappa shape index (κ2) is 4.80. The third-order valence-electron chi connectivity index (χ3n) is 2.92. The van der Waals surface area contributed by atoms with Gasteiger partial charge in [0.25, 0.3) is 0 Å². The molecule has 5 heteroatoms. The van der Waals surface area contributed by atoms with Crippen LogP contribution in [0.25, 0.3) is 10.9 Å². The first-order valence-corrected chi connectivity index (χ1v) is 6.41. The lowest BCUT2D eigenvalue weighted by Gasteiger charge is -2.14. The number of pyridine rings is 1. The zero-order valence-corrected chi connectivity index (χ0v) is 10.7. The molecule has 0 aliphatic heterocycles. The highest BCUT2D eigenvalue weighted by Gasteiger charge is 2.14. The molecule has 1 N–H and O–H groups in total. The van der Waals surface area contributed by atoms with E-state index in [0.717, 1.165) is 16.6 Å². The number of rotatable bonds is 3. The molecule has 0 fully saturated rings. The van der Waals surface area contributed by atoms with Crippen LogP contribution < -0.4 is 5.32 Å².